The molecule has 0 amide bonds. The molecule has 108 valence electrons. The lowest BCUT2D eigenvalue weighted by Crippen LogP contribution is -2.58. The molecule has 2 bridgehead atoms. The van der Waals surface area contributed by atoms with Crippen LogP contribution in [0.5, 0.6) is 0 Å². The van der Waals surface area contributed by atoms with Gasteiger partial charge in [0.05, 0.1) is 25.2 Å². The number of hydrogen-bond acceptors (Lipinski definition) is 4. The molecule has 2 fully saturated rings. The standard InChI is InChI=1S/C15H18BrNO3/c1-14(2)7-19-13(20-8-14)15-5-11(16)9(4-12(15)18)3-10(15)6-17/h5,9-10,13H,3-4,7-8H2,1-2H3/t9-,10-,15+/m1/s1. The number of hydrogen-bond donors (Lipinski definition) is 0. The average molecular weight is 340 g/mol. The van der Waals surface area contributed by atoms with Crippen LogP contribution in [0.15, 0.2) is 10.6 Å². The molecule has 1 aliphatic heterocycles. The molecule has 3 aliphatic carbocycles. The van der Waals surface area contributed by atoms with Crippen LogP contribution < -0.4 is 0 Å². The van der Waals surface area contributed by atoms with Crippen molar-refractivity contribution in [2.75, 3.05) is 13.2 Å². The molecule has 0 aromatic heterocycles. The number of carbonyl (C=O) groups excluding carboxylic acids is 1. The Morgan fingerprint density at radius 1 is 1.40 bits per heavy atom. The van der Waals surface area contributed by atoms with E-state index in [1.54, 1.807) is 0 Å². The van der Waals surface area contributed by atoms with E-state index in [4.69, 9.17) is 9.47 Å². The third-order valence-electron chi connectivity index (χ3n) is 4.58. The SMILES string of the molecule is CC1(C)COC([C@]23C=C(Br)[C@@H](CC2=O)C[C@@H]3C#N)OC1. The number of ketones is 1. The molecule has 0 aromatic rings. The smallest absolute Gasteiger partial charge is 0.174 e. The van der Waals surface area contributed by atoms with Gasteiger partial charge in [-0.2, -0.15) is 5.26 Å². The number of nitrogens with zero attached hydrogens (tertiary/aromatic N) is 1. The van der Waals surface area contributed by atoms with Crippen LogP contribution in [-0.2, 0) is 14.3 Å². The second-order valence-electron chi connectivity index (χ2n) is 6.82. The minimum Gasteiger partial charge on any atom is -0.351 e. The Bertz CT molecular complexity index is 512. The molecular formula is C15H18BrNO3. The number of ether oxygens (including phenoxy) is 2. The van der Waals surface area contributed by atoms with Gasteiger partial charge in [0.2, 0.25) is 0 Å². The molecule has 4 rings (SSSR count). The summed E-state index contributed by atoms with van der Waals surface area (Å²) in [6, 6.07) is 2.30. The van der Waals surface area contributed by atoms with Crippen molar-refractivity contribution in [1.82, 2.24) is 0 Å². The van der Waals surface area contributed by atoms with E-state index in [1.165, 1.54) is 0 Å². The highest BCUT2D eigenvalue weighted by molar-refractivity contribution is 9.11. The van der Waals surface area contributed by atoms with Crippen LogP contribution in [0.3, 0.4) is 0 Å². The summed E-state index contributed by atoms with van der Waals surface area (Å²) in [6.07, 6.45) is 2.42. The zero-order chi connectivity index (χ0) is 14.5. The van der Waals surface area contributed by atoms with Crippen molar-refractivity contribution < 1.29 is 14.3 Å². The van der Waals surface area contributed by atoms with E-state index in [2.05, 4.69) is 35.8 Å². The minimum absolute atomic E-state index is 0.0505. The van der Waals surface area contributed by atoms with Crippen LogP contribution in [0.25, 0.3) is 0 Å². The van der Waals surface area contributed by atoms with Crippen molar-refractivity contribution in [1.29, 1.82) is 5.26 Å². The maximum atomic E-state index is 12.6. The zero-order valence-corrected chi connectivity index (χ0v) is 13.3. The van der Waals surface area contributed by atoms with E-state index in [9.17, 15) is 10.1 Å². The third kappa shape index (κ3) is 1.97. The van der Waals surface area contributed by atoms with E-state index in [0.29, 0.717) is 26.1 Å². The Hall–Kier alpha value is -0.700. The maximum absolute atomic E-state index is 12.6. The van der Waals surface area contributed by atoms with Crippen molar-refractivity contribution in [3.63, 3.8) is 0 Å². The van der Waals surface area contributed by atoms with Gasteiger partial charge >= 0.3 is 0 Å². The Labute approximate surface area is 127 Å². The van der Waals surface area contributed by atoms with E-state index < -0.39 is 11.7 Å². The fourth-order valence-electron chi connectivity index (χ4n) is 3.39. The Balaban J connectivity index is 1.97. The Morgan fingerprint density at radius 2 is 2.05 bits per heavy atom. The molecule has 1 heterocycles. The second-order valence-corrected chi connectivity index (χ2v) is 7.74. The molecule has 0 N–H and O–H groups in total. The lowest BCUT2D eigenvalue weighted by atomic mass is 9.58. The average Bonchev–Trinajstić information content (AvgIpc) is 2.39. The van der Waals surface area contributed by atoms with Gasteiger partial charge in [0, 0.05) is 11.8 Å². The monoisotopic (exact) mass is 339 g/mol. The second kappa shape index (κ2) is 4.66. The molecule has 1 saturated heterocycles. The van der Waals surface area contributed by atoms with E-state index in [1.807, 2.05) is 6.08 Å². The van der Waals surface area contributed by atoms with Crippen molar-refractivity contribution in [3.05, 3.63) is 10.6 Å². The molecule has 3 atom stereocenters. The minimum atomic E-state index is -0.932. The molecule has 4 nitrogen and oxygen atoms in total. The molecule has 0 spiro atoms. The Kier molecular flexibility index (Phi) is 3.32. The van der Waals surface area contributed by atoms with Gasteiger partial charge in [-0.25, -0.2) is 0 Å². The van der Waals surface area contributed by atoms with E-state index in [-0.39, 0.29) is 23.0 Å². The summed E-state index contributed by atoms with van der Waals surface area (Å²) in [4.78, 5) is 12.6. The third-order valence-corrected chi connectivity index (χ3v) is 5.45. The van der Waals surface area contributed by atoms with E-state index >= 15 is 0 Å². The highest BCUT2D eigenvalue weighted by Gasteiger charge is 2.59. The van der Waals surface area contributed by atoms with Crippen molar-refractivity contribution in [2.24, 2.45) is 22.7 Å². The molecule has 0 radical (unpaired) electrons. The quantitative estimate of drug-likeness (QED) is 0.736. The van der Waals surface area contributed by atoms with Gasteiger partial charge in [-0.3, -0.25) is 4.79 Å². The summed E-state index contributed by atoms with van der Waals surface area (Å²) < 4.78 is 12.7. The zero-order valence-electron chi connectivity index (χ0n) is 11.7. The van der Waals surface area contributed by atoms with Crippen molar-refractivity contribution in [3.8, 4) is 6.07 Å². The topological polar surface area (TPSA) is 59.3 Å². The summed E-state index contributed by atoms with van der Waals surface area (Å²) >= 11 is 3.54. The largest absolute Gasteiger partial charge is 0.351 e. The summed E-state index contributed by atoms with van der Waals surface area (Å²) in [5, 5.41) is 9.46. The molecule has 0 aromatic carbocycles. The van der Waals surface area contributed by atoms with Crippen molar-refractivity contribution in [2.45, 2.75) is 33.0 Å². The summed E-state index contributed by atoms with van der Waals surface area (Å²) in [5.41, 5.74) is -0.982. The fourth-order valence-corrected chi connectivity index (χ4v) is 4.11. The number of fused-ring (bicyclic) bond motifs is 2. The van der Waals surface area contributed by atoms with Crippen LogP contribution >= 0.6 is 15.9 Å². The maximum Gasteiger partial charge on any atom is 0.174 e. The van der Waals surface area contributed by atoms with Gasteiger partial charge in [-0.1, -0.05) is 35.9 Å². The summed E-state index contributed by atoms with van der Waals surface area (Å²) in [5.74, 6) is -0.136. The van der Waals surface area contributed by atoms with Crippen LogP contribution in [0, 0.1) is 34.0 Å². The molecule has 1 saturated carbocycles. The van der Waals surface area contributed by atoms with Crippen molar-refractivity contribution >= 4 is 21.7 Å². The Morgan fingerprint density at radius 3 is 2.65 bits per heavy atom. The number of rotatable bonds is 1. The van der Waals surface area contributed by atoms with Gasteiger partial charge in [0.15, 0.2) is 6.29 Å². The first-order valence-corrected chi connectivity index (χ1v) is 7.73. The lowest BCUT2D eigenvalue weighted by molar-refractivity contribution is -0.264. The molecule has 5 heteroatoms. The number of carbonyl (C=O) groups is 1. The predicted molar refractivity (Wildman–Crippen MR) is 75.8 cm³/mol. The highest BCUT2D eigenvalue weighted by atomic mass is 79.9. The molecule has 4 aliphatic rings. The molecule has 20 heavy (non-hydrogen) atoms. The summed E-state index contributed by atoms with van der Waals surface area (Å²) in [6.45, 7) is 5.21. The highest BCUT2D eigenvalue weighted by Crippen LogP contribution is 2.55. The number of nitriles is 1. The van der Waals surface area contributed by atoms with Crippen LogP contribution in [0.1, 0.15) is 26.7 Å². The van der Waals surface area contributed by atoms with Crippen LogP contribution in [0.4, 0.5) is 0 Å². The predicted octanol–water partition coefficient (Wildman–Crippen LogP) is 2.78. The fraction of sp³-hybridized carbons (Fsp3) is 0.733. The van der Waals surface area contributed by atoms with Crippen LogP contribution in [0.2, 0.25) is 0 Å². The van der Waals surface area contributed by atoms with Gasteiger partial charge in [0.1, 0.15) is 11.2 Å². The number of Topliss-reactive ketones (excluding diaryl/α,β-unsaturated/α-hetero) is 1. The summed E-state index contributed by atoms with van der Waals surface area (Å²) in [7, 11) is 0. The molecular weight excluding hydrogens is 322 g/mol. The molecule has 0 unspecified atom stereocenters. The first-order chi connectivity index (χ1) is 9.39. The van der Waals surface area contributed by atoms with Gasteiger partial charge in [0.25, 0.3) is 0 Å². The first kappa shape index (κ1) is 14.2. The lowest BCUT2D eigenvalue weighted by Gasteiger charge is -2.50. The van der Waals surface area contributed by atoms with E-state index in [0.717, 1.165) is 4.48 Å². The van der Waals surface area contributed by atoms with Gasteiger partial charge in [-0.15, -0.1) is 0 Å². The van der Waals surface area contributed by atoms with Gasteiger partial charge < -0.3 is 9.47 Å². The first-order valence-electron chi connectivity index (χ1n) is 6.93. The van der Waals surface area contributed by atoms with Crippen LogP contribution in [-0.4, -0.2) is 25.3 Å². The normalized spacial score (nSPS) is 40.3. The van der Waals surface area contributed by atoms with Gasteiger partial charge in [-0.05, 0) is 16.8 Å². The number of allylic oxidation sites excluding steroid dienone is 1. The number of halogens is 1.